The summed E-state index contributed by atoms with van der Waals surface area (Å²) in [5, 5.41) is 6.65. The first-order valence-electron chi connectivity index (χ1n) is 6.90. The van der Waals surface area contributed by atoms with Crippen molar-refractivity contribution in [1.29, 1.82) is 0 Å². The lowest BCUT2D eigenvalue weighted by Crippen LogP contribution is -2.11. The van der Waals surface area contributed by atoms with Crippen molar-refractivity contribution >= 4 is 17.0 Å². The Balaban J connectivity index is 1.93. The van der Waals surface area contributed by atoms with Crippen LogP contribution in [-0.2, 0) is 12.0 Å². The van der Waals surface area contributed by atoms with Crippen molar-refractivity contribution in [2.24, 2.45) is 0 Å². The predicted molar refractivity (Wildman–Crippen MR) is 85.8 cm³/mol. The van der Waals surface area contributed by atoms with E-state index in [1.165, 1.54) is 0 Å². The van der Waals surface area contributed by atoms with E-state index in [2.05, 4.69) is 36.5 Å². The fourth-order valence-electron chi connectivity index (χ4n) is 1.75. The first-order chi connectivity index (χ1) is 9.49. The Hall–Kier alpha value is -1.55. The van der Waals surface area contributed by atoms with Crippen LogP contribution in [0.1, 0.15) is 38.4 Å². The Morgan fingerprint density at radius 1 is 1.20 bits per heavy atom. The van der Waals surface area contributed by atoms with Gasteiger partial charge in [-0.15, -0.1) is 11.3 Å². The molecular weight excluding hydrogens is 268 g/mol. The number of hydrogen-bond donors (Lipinski definition) is 1. The quantitative estimate of drug-likeness (QED) is 0.883. The highest BCUT2D eigenvalue weighted by Crippen LogP contribution is 2.24. The minimum atomic E-state index is 0.119. The van der Waals surface area contributed by atoms with Crippen LogP contribution >= 0.6 is 11.3 Å². The van der Waals surface area contributed by atoms with Gasteiger partial charge in [0.25, 0.3) is 0 Å². The molecule has 0 saturated heterocycles. The van der Waals surface area contributed by atoms with Gasteiger partial charge in [0.15, 0.2) is 0 Å². The topological polar surface area (TPSA) is 34.1 Å². The number of ether oxygens (including phenoxy) is 1. The zero-order chi connectivity index (χ0) is 14.6. The second kappa shape index (κ2) is 6.27. The molecule has 0 spiro atoms. The lowest BCUT2D eigenvalue weighted by atomic mass is 9.93. The smallest absolute Gasteiger partial charge is 0.119 e. The summed E-state index contributed by atoms with van der Waals surface area (Å²) in [6.07, 6.45) is 0. The maximum absolute atomic E-state index is 5.43. The van der Waals surface area contributed by atoms with Gasteiger partial charge >= 0.3 is 0 Å². The van der Waals surface area contributed by atoms with E-state index in [4.69, 9.17) is 4.74 Å². The summed E-state index contributed by atoms with van der Waals surface area (Å²) in [5.74, 6) is 0.905. The molecule has 0 radical (unpaired) electrons. The lowest BCUT2D eigenvalue weighted by molar-refractivity contribution is 0.340. The van der Waals surface area contributed by atoms with Crippen LogP contribution in [0.3, 0.4) is 0 Å². The number of thiazole rings is 1. The zero-order valence-electron chi connectivity index (χ0n) is 12.6. The summed E-state index contributed by atoms with van der Waals surface area (Å²) in [6.45, 7) is 10.0. The Morgan fingerprint density at radius 2 is 1.90 bits per heavy atom. The third kappa shape index (κ3) is 3.97. The van der Waals surface area contributed by atoms with Crippen LogP contribution in [0.2, 0.25) is 0 Å². The molecule has 2 aromatic rings. The van der Waals surface area contributed by atoms with Crippen molar-refractivity contribution < 1.29 is 4.74 Å². The van der Waals surface area contributed by atoms with Crippen molar-refractivity contribution in [3.8, 4) is 5.75 Å². The number of benzene rings is 1. The number of nitrogens with one attached hydrogen (secondary N) is 1. The average molecular weight is 290 g/mol. The third-order valence-corrected chi connectivity index (χ3v) is 3.78. The molecule has 1 heterocycles. The second-order valence-corrected chi connectivity index (χ2v) is 6.63. The number of hydrogen-bond acceptors (Lipinski definition) is 4. The van der Waals surface area contributed by atoms with E-state index in [1.54, 1.807) is 11.3 Å². The Labute approximate surface area is 125 Å². The van der Waals surface area contributed by atoms with Crippen molar-refractivity contribution in [2.45, 2.75) is 39.7 Å². The van der Waals surface area contributed by atoms with Crippen molar-refractivity contribution in [2.75, 3.05) is 11.9 Å². The van der Waals surface area contributed by atoms with E-state index in [0.717, 1.165) is 28.7 Å². The molecule has 0 unspecified atom stereocenters. The normalized spacial score (nSPS) is 11.4. The van der Waals surface area contributed by atoms with Gasteiger partial charge in [0.05, 0.1) is 18.8 Å². The maximum atomic E-state index is 5.43. The molecule has 0 bridgehead atoms. The highest BCUT2D eigenvalue weighted by molar-refractivity contribution is 7.09. The zero-order valence-corrected chi connectivity index (χ0v) is 13.4. The van der Waals surface area contributed by atoms with E-state index in [-0.39, 0.29) is 5.41 Å². The Bertz CT molecular complexity index is 540. The fraction of sp³-hybridized carbons (Fsp3) is 0.438. The largest absolute Gasteiger partial charge is 0.494 e. The van der Waals surface area contributed by atoms with Gasteiger partial charge < -0.3 is 10.1 Å². The number of anilines is 1. The molecule has 4 heteroatoms. The van der Waals surface area contributed by atoms with Crippen LogP contribution in [0.4, 0.5) is 5.69 Å². The Morgan fingerprint density at radius 3 is 2.45 bits per heavy atom. The molecule has 20 heavy (non-hydrogen) atoms. The minimum absolute atomic E-state index is 0.119. The van der Waals surface area contributed by atoms with Crippen molar-refractivity contribution in [3.63, 3.8) is 0 Å². The van der Waals surface area contributed by atoms with E-state index in [1.807, 2.05) is 31.2 Å². The molecule has 3 nitrogen and oxygen atoms in total. The fourth-order valence-corrected chi connectivity index (χ4v) is 2.71. The standard InChI is InChI=1S/C16H22N2OS/c1-5-19-13-8-6-12(7-9-13)17-10-15-18-14(11-20-15)16(2,3)4/h6-9,11,17H,5,10H2,1-4H3. The van der Waals surface area contributed by atoms with Crippen LogP contribution in [0.25, 0.3) is 0 Å². The summed E-state index contributed by atoms with van der Waals surface area (Å²) in [6, 6.07) is 8.02. The summed E-state index contributed by atoms with van der Waals surface area (Å²) < 4.78 is 5.43. The van der Waals surface area contributed by atoms with Crippen molar-refractivity contribution in [1.82, 2.24) is 4.98 Å². The van der Waals surface area contributed by atoms with E-state index in [0.29, 0.717) is 6.61 Å². The van der Waals surface area contributed by atoms with E-state index in [9.17, 15) is 0 Å². The SMILES string of the molecule is CCOc1ccc(NCc2nc(C(C)(C)C)cs2)cc1. The molecule has 0 aliphatic carbocycles. The lowest BCUT2D eigenvalue weighted by Gasteiger charge is -2.14. The molecule has 1 aromatic carbocycles. The monoisotopic (exact) mass is 290 g/mol. The summed E-state index contributed by atoms with van der Waals surface area (Å²) in [7, 11) is 0. The molecular formula is C16H22N2OS. The first kappa shape index (κ1) is 14.9. The van der Waals surface area contributed by atoms with E-state index < -0.39 is 0 Å². The molecule has 0 saturated carbocycles. The van der Waals surface area contributed by atoms with Crippen LogP contribution in [0.15, 0.2) is 29.6 Å². The second-order valence-electron chi connectivity index (χ2n) is 5.69. The van der Waals surface area contributed by atoms with Gasteiger partial charge in [-0.2, -0.15) is 0 Å². The predicted octanol–water partition coefficient (Wildman–Crippen LogP) is 4.45. The van der Waals surface area contributed by atoms with Gasteiger partial charge in [0, 0.05) is 16.5 Å². The molecule has 0 atom stereocenters. The molecule has 1 N–H and O–H groups in total. The number of nitrogens with zero attached hydrogens (tertiary/aromatic N) is 1. The van der Waals surface area contributed by atoms with Gasteiger partial charge in [0.2, 0.25) is 0 Å². The molecule has 2 rings (SSSR count). The van der Waals surface area contributed by atoms with Gasteiger partial charge in [0.1, 0.15) is 10.8 Å². The Kier molecular flexibility index (Phi) is 4.65. The summed E-state index contributed by atoms with van der Waals surface area (Å²) >= 11 is 1.71. The maximum Gasteiger partial charge on any atom is 0.119 e. The van der Waals surface area contributed by atoms with Gasteiger partial charge in [-0.05, 0) is 31.2 Å². The van der Waals surface area contributed by atoms with Gasteiger partial charge in [-0.1, -0.05) is 20.8 Å². The molecule has 108 valence electrons. The molecule has 0 amide bonds. The van der Waals surface area contributed by atoms with Crippen molar-refractivity contribution in [3.05, 3.63) is 40.3 Å². The third-order valence-electron chi connectivity index (χ3n) is 2.93. The van der Waals surface area contributed by atoms with E-state index >= 15 is 0 Å². The highest BCUT2D eigenvalue weighted by atomic mass is 32.1. The van der Waals surface area contributed by atoms with Gasteiger partial charge in [-0.3, -0.25) is 0 Å². The first-order valence-corrected chi connectivity index (χ1v) is 7.78. The number of aromatic nitrogens is 1. The number of rotatable bonds is 5. The van der Waals surface area contributed by atoms with Crippen LogP contribution in [-0.4, -0.2) is 11.6 Å². The van der Waals surface area contributed by atoms with Crippen LogP contribution in [0.5, 0.6) is 5.75 Å². The van der Waals surface area contributed by atoms with Crippen LogP contribution < -0.4 is 10.1 Å². The average Bonchev–Trinajstić information content (AvgIpc) is 2.87. The molecule has 0 aliphatic rings. The molecule has 0 aliphatic heterocycles. The van der Waals surface area contributed by atoms with Gasteiger partial charge in [-0.25, -0.2) is 4.98 Å². The van der Waals surface area contributed by atoms with Crippen LogP contribution in [0, 0.1) is 0 Å². The summed E-state index contributed by atoms with van der Waals surface area (Å²) in [5.41, 5.74) is 2.36. The molecule has 1 aromatic heterocycles. The highest BCUT2D eigenvalue weighted by Gasteiger charge is 2.17. The minimum Gasteiger partial charge on any atom is -0.494 e. The summed E-state index contributed by atoms with van der Waals surface area (Å²) in [4.78, 5) is 4.67. The molecule has 0 fully saturated rings.